The Balaban J connectivity index is 0.00000180. The summed E-state index contributed by atoms with van der Waals surface area (Å²) in [5.41, 5.74) is 1.58. The lowest BCUT2D eigenvalue weighted by Gasteiger charge is -1.94. The Morgan fingerprint density at radius 2 is 1.89 bits per heavy atom. The number of carbonyl (C=O) groups excluding carboxylic acids is 1. The molecule has 1 aromatic carbocycles. The molecule has 0 bridgehead atoms. The number of carbonyl (C=O) groups is 1. The highest BCUT2D eigenvalue weighted by Crippen LogP contribution is 2.04. The first-order chi connectivity index (χ1) is 8.65. The van der Waals surface area contributed by atoms with E-state index < -0.39 is 0 Å². The third kappa shape index (κ3) is 4.30. The number of aryl methyl sites for hydroxylation is 1. The van der Waals surface area contributed by atoms with Gasteiger partial charge in [-0.3, -0.25) is 4.79 Å². The Bertz CT molecular complexity index is 593. The fourth-order valence-corrected chi connectivity index (χ4v) is 1.57. The number of rotatable bonds is 3. The van der Waals surface area contributed by atoms with Crippen LogP contribution in [0.4, 0.5) is 4.39 Å². The summed E-state index contributed by atoms with van der Waals surface area (Å²) in [5, 5.41) is 0. The number of ketones is 1. The van der Waals surface area contributed by atoms with Crippen molar-refractivity contribution in [1.29, 1.82) is 0 Å². The Kier molecular flexibility index (Phi) is 5.39. The van der Waals surface area contributed by atoms with Gasteiger partial charge >= 0.3 is 0 Å². The van der Waals surface area contributed by atoms with E-state index in [9.17, 15) is 9.18 Å². The maximum atomic E-state index is 12.7. The van der Waals surface area contributed by atoms with Crippen LogP contribution in [0.25, 0.3) is 6.20 Å². The number of allylic oxidation sites excluding steroid dienone is 1. The lowest BCUT2D eigenvalue weighted by atomic mass is 10.1. The Morgan fingerprint density at radius 1 is 1.21 bits per heavy atom. The average molecular weight is 278 g/mol. The summed E-state index contributed by atoms with van der Waals surface area (Å²) in [6, 6.07) is 9.39. The van der Waals surface area contributed by atoms with Crippen LogP contribution in [0, 0.1) is 12.7 Å². The number of nitrogens with zero attached hydrogens (tertiary/aromatic N) is 1. The van der Waals surface area contributed by atoms with E-state index in [1.54, 1.807) is 10.8 Å². The second-order valence-corrected chi connectivity index (χ2v) is 4.02. The molecule has 2 nitrogen and oxygen atoms in total. The van der Waals surface area contributed by atoms with Gasteiger partial charge in [0.25, 0.3) is 0 Å². The number of hydrogen-bond acceptors (Lipinski definition) is 1. The van der Waals surface area contributed by atoms with Crippen LogP contribution in [0.2, 0.25) is 0 Å². The summed E-state index contributed by atoms with van der Waals surface area (Å²) in [7, 11) is 0. The molecule has 0 unspecified atom stereocenters. The molecular weight excluding hydrogens is 265 g/mol. The minimum Gasteiger partial charge on any atom is -1.00 e. The lowest BCUT2D eigenvalue weighted by molar-refractivity contribution is -0.568. The quantitative estimate of drug-likeness (QED) is 0.432. The zero-order chi connectivity index (χ0) is 13.0. The van der Waals surface area contributed by atoms with Crippen molar-refractivity contribution in [2.75, 3.05) is 0 Å². The first-order valence-corrected chi connectivity index (χ1v) is 5.61. The molecular formula is C15H13ClFNO. The fraction of sp³-hybridized carbons (Fsp3) is 0.0667. The van der Waals surface area contributed by atoms with Crippen molar-refractivity contribution in [2.24, 2.45) is 0 Å². The molecule has 0 saturated heterocycles. The van der Waals surface area contributed by atoms with Crippen LogP contribution in [0.3, 0.4) is 0 Å². The summed E-state index contributed by atoms with van der Waals surface area (Å²) in [6.45, 7) is 1.98. The topological polar surface area (TPSA) is 20.9 Å². The molecule has 1 heterocycles. The molecule has 98 valence electrons. The van der Waals surface area contributed by atoms with Gasteiger partial charge in [0.2, 0.25) is 0 Å². The van der Waals surface area contributed by atoms with Crippen molar-refractivity contribution in [2.45, 2.75) is 6.92 Å². The zero-order valence-corrected chi connectivity index (χ0v) is 11.1. The second-order valence-electron chi connectivity index (χ2n) is 4.02. The van der Waals surface area contributed by atoms with Crippen molar-refractivity contribution in [1.82, 2.24) is 0 Å². The van der Waals surface area contributed by atoms with Crippen molar-refractivity contribution < 1.29 is 26.2 Å². The van der Waals surface area contributed by atoms with E-state index in [2.05, 4.69) is 0 Å². The maximum absolute atomic E-state index is 12.7. The standard InChI is InChI=1S/C15H13FNO.ClH/c1-12-3-2-9-17(11-12)10-8-15(18)13-4-6-14(16)7-5-13;/h2-11H,1H3;1H/q+1;/p-1/b10-8+;. The smallest absolute Gasteiger partial charge is 0.191 e. The molecule has 0 fully saturated rings. The van der Waals surface area contributed by atoms with Gasteiger partial charge in [0, 0.05) is 17.2 Å². The molecule has 0 saturated carbocycles. The van der Waals surface area contributed by atoms with Gasteiger partial charge in [-0.15, -0.1) is 0 Å². The van der Waals surface area contributed by atoms with Crippen LogP contribution in [-0.4, -0.2) is 5.78 Å². The van der Waals surface area contributed by atoms with Crippen molar-refractivity contribution in [3.05, 3.63) is 71.8 Å². The van der Waals surface area contributed by atoms with Gasteiger partial charge in [-0.1, -0.05) is 0 Å². The first-order valence-electron chi connectivity index (χ1n) is 5.61. The Hall–Kier alpha value is -2.00. The van der Waals surface area contributed by atoms with Crippen molar-refractivity contribution >= 4 is 12.0 Å². The molecule has 0 spiro atoms. The summed E-state index contributed by atoms with van der Waals surface area (Å²) in [4.78, 5) is 11.8. The second kappa shape index (κ2) is 6.81. The van der Waals surface area contributed by atoms with Gasteiger partial charge in [0.1, 0.15) is 5.82 Å². The highest BCUT2D eigenvalue weighted by Gasteiger charge is 2.03. The van der Waals surface area contributed by atoms with Crippen LogP contribution in [0.15, 0.2) is 54.9 Å². The summed E-state index contributed by atoms with van der Waals surface area (Å²) in [6.07, 6.45) is 6.90. The van der Waals surface area contributed by atoms with Gasteiger partial charge in [0.05, 0.1) is 6.08 Å². The third-order valence-electron chi connectivity index (χ3n) is 2.50. The average Bonchev–Trinajstić information content (AvgIpc) is 2.37. The van der Waals surface area contributed by atoms with Gasteiger partial charge in [-0.2, -0.15) is 4.57 Å². The minimum absolute atomic E-state index is 0. The largest absolute Gasteiger partial charge is 1.00 e. The molecule has 1 aromatic heterocycles. The van der Waals surface area contributed by atoms with E-state index in [1.807, 2.05) is 31.5 Å². The van der Waals surface area contributed by atoms with Gasteiger partial charge in [-0.05, 0) is 37.3 Å². The first kappa shape index (κ1) is 15.1. The SMILES string of the molecule is Cc1ccc[n+](/C=C/C(=O)c2ccc(F)cc2)c1.[Cl-]. The van der Waals surface area contributed by atoms with Crippen molar-refractivity contribution in [3.8, 4) is 0 Å². The van der Waals surface area contributed by atoms with Gasteiger partial charge in [-0.25, -0.2) is 4.39 Å². The fourth-order valence-electron chi connectivity index (χ4n) is 1.57. The third-order valence-corrected chi connectivity index (χ3v) is 2.50. The van der Waals surface area contributed by atoms with Crippen LogP contribution >= 0.6 is 0 Å². The van der Waals surface area contributed by atoms with Crippen LogP contribution < -0.4 is 17.0 Å². The summed E-state index contributed by atoms with van der Waals surface area (Å²) in [5.74, 6) is -0.493. The lowest BCUT2D eigenvalue weighted by Crippen LogP contribution is -3.00. The number of pyridine rings is 1. The molecule has 0 N–H and O–H groups in total. The minimum atomic E-state index is -0.344. The van der Waals surface area contributed by atoms with Crippen molar-refractivity contribution in [3.63, 3.8) is 0 Å². The normalized spacial score (nSPS) is 10.2. The highest BCUT2D eigenvalue weighted by molar-refractivity contribution is 6.05. The predicted octanol–water partition coefficient (Wildman–Crippen LogP) is -0.221. The summed E-state index contributed by atoms with van der Waals surface area (Å²) < 4.78 is 14.5. The van der Waals surface area contributed by atoms with Crippen LogP contribution in [-0.2, 0) is 0 Å². The highest BCUT2D eigenvalue weighted by atomic mass is 35.5. The predicted molar refractivity (Wildman–Crippen MR) is 67.4 cm³/mol. The molecule has 0 atom stereocenters. The maximum Gasteiger partial charge on any atom is 0.191 e. The Labute approximate surface area is 117 Å². The molecule has 2 rings (SSSR count). The number of benzene rings is 1. The van der Waals surface area contributed by atoms with E-state index in [-0.39, 0.29) is 24.0 Å². The van der Waals surface area contributed by atoms with E-state index in [4.69, 9.17) is 0 Å². The number of hydrogen-bond donors (Lipinski definition) is 0. The molecule has 0 aliphatic carbocycles. The van der Waals surface area contributed by atoms with Crippen LogP contribution in [0.5, 0.6) is 0 Å². The van der Waals surface area contributed by atoms with E-state index in [1.165, 1.54) is 30.3 Å². The van der Waals surface area contributed by atoms with Crippen LogP contribution in [0.1, 0.15) is 15.9 Å². The summed E-state index contributed by atoms with van der Waals surface area (Å²) >= 11 is 0. The van der Waals surface area contributed by atoms with E-state index in [0.29, 0.717) is 5.56 Å². The van der Waals surface area contributed by atoms with Gasteiger partial charge < -0.3 is 12.4 Å². The molecule has 0 aliphatic rings. The van der Waals surface area contributed by atoms with E-state index in [0.717, 1.165) is 5.56 Å². The molecule has 4 heteroatoms. The molecule has 2 aromatic rings. The molecule has 0 amide bonds. The molecule has 0 radical (unpaired) electrons. The Morgan fingerprint density at radius 3 is 2.53 bits per heavy atom. The number of halogens is 2. The molecule has 19 heavy (non-hydrogen) atoms. The number of aromatic nitrogens is 1. The molecule has 0 aliphatic heterocycles. The van der Waals surface area contributed by atoms with Gasteiger partial charge in [0.15, 0.2) is 24.4 Å². The van der Waals surface area contributed by atoms with E-state index >= 15 is 0 Å². The monoisotopic (exact) mass is 277 g/mol. The zero-order valence-electron chi connectivity index (χ0n) is 10.4.